The lowest BCUT2D eigenvalue weighted by molar-refractivity contribution is 0.307. The van der Waals surface area contributed by atoms with Crippen molar-refractivity contribution >= 4 is 10.9 Å². The predicted molar refractivity (Wildman–Crippen MR) is 75.3 cm³/mol. The molecule has 0 saturated heterocycles. The highest BCUT2D eigenvalue weighted by Gasteiger charge is 2.10. The summed E-state index contributed by atoms with van der Waals surface area (Å²) < 4.78 is 20.3. The van der Waals surface area contributed by atoms with E-state index in [1.807, 2.05) is 23.9 Å². The van der Waals surface area contributed by atoms with Crippen LogP contribution < -0.4 is 4.74 Å². The Labute approximate surface area is 115 Å². The number of benzene rings is 2. The molecule has 0 aliphatic heterocycles. The van der Waals surface area contributed by atoms with Gasteiger partial charge in [0, 0.05) is 24.2 Å². The zero-order valence-corrected chi connectivity index (χ0v) is 11.0. The van der Waals surface area contributed by atoms with Crippen LogP contribution in [-0.4, -0.2) is 9.67 Å². The summed E-state index contributed by atoms with van der Waals surface area (Å²) in [6.45, 7) is 0.367. The molecule has 1 N–H and O–H groups in total. The lowest BCUT2D eigenvalue weighted by Gasteiger charge is -2.05. The molecule has 3 nitrogen and oxygen atoms in total. The number of fused-ring (bicyclic) bond motifs is 1. The van der Waals surface area contributed by atoms with Gasteiger partial charge in [-0.2, -0.15) is 0 Å². The van der Waals surface area contributed by atoms with E-state index in [9.17, 15) is 9.50 Å². The average Bonchev–Trinajstić information content (AvgIpc) is 2.76. The van der Waals surface area contributed by atoms with Crippen LogP contribution in [0.1, 0.15) is 5.56 Å². The van der Waals surface area contributed by atoms with Gasteiger partial charge in [0.25, 0.3) is 0 Å². The van der Waals surface area contributed by atoms with E-state index in [0.717, 1.165) is 16.5 Å². The molecule has 20 heavy (non-hydrogen) atoms. The third kappa shape index (κ3) is 2.20. The van der Waals surface area contributed by atoms with Gasteiger partial charge in [-0.1, -0.05) is 12.1 Å². The molecule has 3 rings (SSSR count). The van der Waals surface area contributed by atoms with Gasteiger partial charge in [-0.15, -0.1) is 0 Å². The van der Waals surface area contributed by atoms with E-state index >= 15 is 0 Å². The fourth-order valence-corrected chi connectivity index (χ4v) is 2.34. The molecule has 3 aromatic rings. The zero-order chi connectivity index (χ0) is 14.1. The normalized spacial score (nSPS) is 10.9. The first kappa shape index (κ1) is 12.5. The molecule has 0 bridgehead atoms. The van der Waals surface area contributed by atoms with Gasteiger partial charge in [0.05, 0.1) is 5.52 Å². The minimum atomic E-state index is -0.285. The van der Waals surface area contributed by atoms with Gasteiger partial charge in [0.1, 0.15) is 23.9 Å². The Morgan fingerprint density at radius 2 is 1.90 bits per heavy atom. The Kier molecular flexibility index (Phi) is 3.06. The van der Waals surface area contributed by atoms with Crippen LogP contribution in [0.2, 0.25) is 0 Å². The van der Waals surface area contributed by atoms with Crippen LogP contribution in [0, 0.1) is 5.82 Å². The molecule has 0 atom stereocenters. The van der Waals surface area contributed by atoms with Crippen LogP contribution in [0.25, 0.3) is 10.9 Å². The first-order chi connectivity index (χ1) is 9.65. The Hall–Kier alpha value is -2.49. The van der Waals surface area contributed by atoms with Crippen molar-refractivity contribution in [1.29, 1.82) is 0 Å². The van der Waals surface area contributed by atoms with Gasteiger partial charge >= 0.3 is 0 Å². The quantitative estimate of drug-likeness (QED) is 0.789. The Bertz CT molecular complexity index is 747. The number of para-hydroxylation sites is 1. The number of aromatic hydroxyl groups is 1. The molecule has 1 heterocycles. The number of nitrogens with zero attached hydrogens (tertiary/aromatic N) is 1. The molecule has 0 saturated carbocycles. The van der Waals surface area contributed by atoms with E-state index in [2.05, 4.69) is 0 Å². The summed E-state index contributed by atoms with van der Waals surface area (Å²) in [6, 6.07) is 11.3. The molecule has 4 heteroatoms. The molecule has 0 unspecified atom stereocenters. The topological polar surface area (TPSA) is 34.4 Å². The van der Waals surface area contributed by atoms with Crippen LogP contribution >= 0.6 is 0 Å². The highest BCUT2D eigenvalue weighted by Crippen LogP contribution is 2.28. The van der Waals surface area contributed by atoms with Crippen molar-refractivity contribution in [2.24, 2.45) is 7.05 Å². The standard InChI is InChI=1S/C16H14FNO2/c1-18-9-11(14-3-2-4-15(19)16(14)18)10-20-13-7-5-12(17)6-8-13/h2-9,19H,10H2,1H3. The summed E-state index contributed by atoms with van der Waals surface area (Å²) in [7, 11) is 1.88. The minimum absolute atomic E-state index is 0.248. The number of hydrogen-bond acceptors (Lipinski definition) is 2. The maximum atomic E-state index is 12.8. The van der Waals surface area contributed by atoms with E-state index in [-0.39, 0.29) is 11.6 Å². The number of ether oxygens (including phenoxy) is 1. The summed E-state index contributed by atoms with van der Waals surface area (Å²) in [4.78, 5) is 0. The third-order valence-electron chi connectivity index (χ3n) is 3.27. The van der Waals surface area contributed by atoms with Crippen LogP contribution in [0.3, 0.4) is 0 Å². The minimum Gasteiger partial charge on any atom is -0.506 e. The van der Waals surface area contributed by atoms with Gasteiger partial charge < -0.3 is 14.4 Å². The van der Waals surface area contributed by atoms with Gasteiger partial charge in [0.15, 0.2) is 0 Å². The number of halogens is 1. The lowest BCUT2D eigenvalue weighted by atomic mass is 10.2. The molecule has 102 valence electrons. The molecule has 0 fully saturated rings. The zero-order valence-electron chi connectivity index (χ0n) is 11.0. The van der Waals surface area contributed by atoms with Crippen molar-refractivity contribution < 1.29 is 14.2 Å². The number of phenols is 1. The molecule has 0 amide bonds. The molecular formula is C16H14FNO2. The number of hydrogen-bond donors (Lipinski definition) is 1. The summed E-state index contributed by atoms with van der Waals surface area (Å²) in [5.74, 6) is 0.578. The van der Waals surface area contributed by atoms with E-state index in [1.165, 1.54) is 12.1 Å². The predicted octanol–water partition coefficient (Wildman–Crippen LogP) is 3.60. The molecule has 1 aromatic heterocycles. The van der Waals surface area contributed by atoms with Gasteiger partial charge in [-0.3, -0.25) is 0 Å². The Morgan fingerprint density at radius 3 is 2.65 bits per heavy atom. The maximum absolute atomic E-state index is 12.8. The monoisotopic (exact) mass is 271 g/mol. The second kappa shape index (κ2) is 4.89. The van der Waals surface area contributed by atoms with Crippen molar-refractivity contribution in [2.75, 3.05) is 0 Å². The lowest BCUT2D eigenvalue weighted by Crippen LogP contribution is -1.94. The van der Waals surface area contributed by atoms with Crippen molar-refractivity contribution in [2.45, 2.75) is 6.61 Å². The summed E-state index contributed by atoms with van der Waals surface area (Å²) in [6.07, 6.45) is 1.92. The fraction of sp³-hybridized carbons (Fsp3) is 0.125. The SMILES string of the molecule is Cn1cc(COc2ccc(F)cc2)c2cccc(O)c21. The van der Waals surface area contributed by atoms with E-state index in [4.69, 9.17) is 4.74 Å². The molecule has 0 aliphatic rings. The summed E-state index contributed by atoms with van der Waals surface area (Å²) in [5.41, 5.74) is 1.76. The van der Waals surface area contributed by atoms with Crippen LogP contribution in [0.4, 0.5) is 4.39 Å². The number of aryl methyl sites for hydroxylation is 1. The average molecular weight is 271 g/mol. The smallest absolute Gasteiger partial charge is 0.139 e. The molecule has 0 radical (unpaired) electrons. The molecule has 0 aliphatic carbocycles. The van der Waals surface area contributed by atoms with Crippen LogP contribution in [0.5, 0.6) is 11.5 Å². The second-order valence-electron chi connectivity index (χ2n) is 4.68. The van der Waals surface area contributed by atoms with Crippen molar-refractivity contribution in [3.8, 4) is 11.5 Å². The van der Waals surface area contributed by atoms with Gasteiger partial charge in [-0.25, -0.2) is 4.39 Å². The maximum Gasteiger partial charge on any atom is 0.139 e. The molecular weight excluding hydrogens is 257 g/mol. The summed E-state index contributed by atoms with van der Waals surface area (Å²) in [5, 5.41) is 10.8. The van der Waals surface area contributed by atoms with Crippen LogP contribution in [0.15, 0.2) is 48.7 Å². The van der Waals surface area contributed by atoms with E-state index < -0.39 is 0 Å². The van der Waals surface area contributed by atoms with E-state index in [0.29, 0.717) is 12.4 Å². The van der Waals surface area contributed by atoms with Crippen molar-refractivity contribution in [1.82, 2.24) is 4.57 Å². The Morgan fingerprint density at radius 1 is 1.15 bits per heavy atom. The Balaban J connectivity index is 1.88. The number of rotatable bonds is 3. The third-order valence-corrected chi connectivity index (χ3v) is 3.27. The van der Waals surface area contributed by atoms with Crippen molar-refractivity contribution in [3.63, 3.8) is 0 Å². The van der Waals surface area contributed by atoms with Gasteiger partial charge in [-0.05, 0) is 30.3 Å². The highest BCUT2D eigenvalue weighted by molar-refractivity contribution is 5.88. The first-order valence-electron chi connectivity index (χ1n) is 6.29. The number of phenolic OH excluding ortho intramolecular Hbond substituents is 1. The highest BCUT2D eigenvalue weighted by atomic mass is 19.1. The van der Waals surface area contributed by atoms with E-state index in [1.54, 1.807) is 24.3 Å². The summed E-state index contributed by atoms with van der Waals surface area (Å²) >= 11 is 0. The second-order valence-corrected chi connectivity index (χ2v) is 4.68. The van der Waals surface area contributed by atoms with Gasteiger partial charge in [0.2, 0.25) is 0 Å². The molecule has 0 spiro atoms. The first-order valence-corrected chi connectivity index (χ1v) is 6.29. The van der Waals surface area contributed by atoms with Crippen molar-refractivity contribution in [3.05, 3.63) is 60.0 Å². The fourth-order valence-electron chi connectivity index (χ4n) is 2.34. The van der Waals surface area contributed by atoms with Crippen LogP contribution in [-0.2, 0) is 13.7 Å². The molecule has 2 aromatic carbocycles. The largest absolute Gasteiger partial charge is 0.506 e. The number of aromatic nitrogens is 1.